The molecule has 1 unspecified atom stereocenters. The number of benzene rings is 1. The van der Waals surface area contributed by atoms with Crippen LogP contribution in [-0.2, 0) is 0 Å². The summed E-state index contributed by atoms with van der Waals surface area (Å²) >= 11 is 0. The Bertz CT molecular complexity index is 354. The molecule has 0 heterocycles. The van der Waals surface area contributed by atoms with Gasteiger partial charge in [-0.2, -0.15) is 0 Å². The zero-order valence-corrected chi connectivity index (χ0v) is 13.0. The SMILES string of the molecule is CCCCCCCCC(O)c1c(OC)cccc1OC. The predicted octanol–water partition coefficient (Wildman–Crippen LogP) is 4.49. The first-order chi connectivity index (χ1) is 9.74. The van der Waals surface area contributed by atoms with E-state index in [1.807, 2.05) is 18.2 Å². The summed E-state index contributed by atoms with van der Waals surface area (Å²) in [6.07, 6.45) is 7.56. The van der Waals surface area contributed by atoms with E-state index >= 15 is 0 Å². The third-order valence-corrected chi connectivity index (χ3v) is 3.63. The number of rotatable bonds is 10. The summed E-state index contributed by atoms with van der Waals surface area (Å²) in [5.74, 6) is 1.39. The average Bonchev–Trinajstić information content (AvgIpc) is 2.49. The van der Waals surface area contributed by atoms with E-state index in [9.17, 15) is 5.11 Å². The van der Waals surface area contributed by atoms with E-state index in [1.165, 1.54) is 32.1 Å². The number of hydrogen-bond acceptors (Lipinski definition) is 3. The van der Waals surface area contributed by atoms with E-state index in [1.54, 1.807) is 14.2 Å². The number of aliphatic hydroxyl groups is 1. The molecule has 3 nitrogen and oxygen atoms in total. The largest absolute Gasteiger partial charge is 0.496 e. The van der Waals surface area contributed by atoms with Crippen LogP contribution in [0.4, 0.5) is 0 Å². The Morgan fingerprint density at radius 1 is 0.950 bits per heavy atom. The van der Waals surface area contributed by atoms with Gasteiger partial charge in [0.25, 0.3) is 0 Å². The third kappa shape index (κ3) is 5.04. The quantitative estimate of drug-likeness (QED) is 0.642. The van der Waals surface area contributed by atoms with Gasteiger partial charge >= 0.3 is 0 Å². The Morgan fingerprint density at radius 2 is 1.50 bits per heavy atom. The van der Waals surface area contributed by atoms with Gasteiger partial charge in [-0.3, -0.25) is 0 Å². The molecular weight excluding hydrogens is 252 g/mol. The molecule has 1 rings (SSSR count). The predicted molar refractivity (Wildman–Crippen MR) is 82.5 cm³/mol. The zero-order chi connectivity index (χ0) is 14.8. The fourth-order valence-electron chi connectivity index (χ4n) is 2.47. The molecule has 114 valence electrons. The standard InChI is InChI=1S/C17H28O3/c1-4-5-6-7-8-9-11-14(18)17-15(19-2)12-10-13-16(17)20-3/h10,12-14,18H,4-9,11H2,1-3H3. The van der Waals surface area contributed by atoms with E-state index in [4.69, 9.17) is 9.47 Å². The van der Waals surface area contributed by atoms with E-state index in [0.717, 1.165) is 18.4 Å². The molecule has 0 aliphatic heterocycles. The second-order valence-corrected chi connectivity index (χ2v) is 5.15. The monoisotopic (exact) mass is 280 g/mol. The second kappa shape index (κ2) is 9.65. The normalized spacial score (nSPS) is 12.2. The van der Waals surface area contributed by atoms with Gasteiger partial charge in [-0.1, -0.05) is 51.5 Å². The molecule has 0 radical (unpaired) electrons. The van der Waals surface area contributed by atoms with Crippen molar-refractivity contribution in [3.63, 3.8) is 0 Å². The van der Waals surface area contributed by atoms with Crippen LogP contribution in [0.2, 0.25) is 0 Å². The minimum Gasteiger partial charge on any atom is -0.496 e. The lowest BCUT2D eigenvalue weighted by Crippen LogP contribution is -2.03. The molecule has 0 amide bonds. The van der Waals surface area contributed by atoms with Crippen molar-refractivity contribution in [1.82, 2.24) is 0 Å². The molecule has 0 aromatic heterocycles. The van der Waals surface area contributed by atoms with Crippen LogP contribution in [0.1, 0.15) is 63.5 Å². The van der Waals surface area contributed by atoms with Crippen LogP contribution < -0.4 is 9.47 Å². The van der Waals surface area contributed by atoms with Gasteiger partial charge < -0.3 is 14.6 Å². The fourth-order valence-corrected chi connectivity index (χ4v) is 2.47. The first-order valence-corrected chi connectivity index (χ1v) is 7.63. The first-order valence-electron chi connectivity index (χ1n) is 7.63. The molecule has 1 aromatic rings. The summed E-state index contributed by atoms with van der Waals surface area (Å²) in [6, 6.07) is 5.60. The smallest absolute Gasteiger partial charge is 0.128 e. The summed E-state index contributed by atoms with van der Waals surface area (Å²) in [7, 11) is 3.24. The van der Waals surface area contributed by atoms with Crippen LogP contribution in [0, 0.1) is 0 Å². The third-order valence-electron chi connectivity index (χ3n) is 3.63. The maximum atomic E-state index is 10.4. The van der Waals surface area contributed by atoms with Crippen LogP contribution in [0.15, 0.2) is 18.2 Å². The van der Waals surface area contributed by atoms with Gasteiger partial charge in [0, 0.05) is 0 Å². The van der Waals surface area contributed by atoms with Crippen LogP contribution in [0.25, 0.3) is 0 Å². The van der Waals surface area contributed by atoms with Crippen molar-refractivity contribution in [2.75, 3.05) is 14.2 Å². The Labute approximate surface area is 122 Å². The lowest BCUT2D eigenvalue weighted by molar-refractivity contribution is 0.155. The highest BCUT2D eigenvalue weighted by molar-refractivity contribution is 5.46. The molecule has 0 bridgehead atoms. The van der Waals surface area contributed by atoms with Crippen LogP contribution in [-0.4, -0.2) is 19.3 Å². The van der Waals surface area contributed by atoms with Crippen molar-refractivity contribution in [3.05, 3.63) is 23.8 Å². The van der Waals surface area contributed by atoms with Crippen molar-refractivity contribution in [3.8, 4) is 11.5 Å². The Balaban J connectivity index is 2.52. The highest BCUT2D eigenvalue weighted by Crippen LogP contribution is 2.36. The highest BCUT2D eigenvalue weighted by Gasteiger charge is 2.18. The number of ether oxygens (including phenoxy) is 2. The highest BCUT2D eigenvalue weighted by atomic mass is 16.5. The lowest BCUT2D eigenvalue weighted by Gasteiger charge is -2.18. The van der Waals surface area contributed by atoms with Crippen molar-refractivity contribution in [1.29, 1.82) is 0 Å². The molecule has 1 N–H and O–H groups in total. The minimum atomic E-state index is -0.521. The topological polar surface area (TPSA) is 38.7 Å². The number of hydrogen-bond donors (Lipinski definition) is 1. The van der Waals surface area contributed by atoms with Crippen molar-refractivity contribution in [2.45, 2.75) is 58.0 Å². The van der Waals surface area contributed by atoms with Gasteiger partial charge in [-0.15, -0.1) is 0 Å². The summed E-state index contributed by atoms with van der Waals surface area (Å²) in [5, 5.41) is 10.4. The average molecular weight is 280 g/mol. The second-order valence-electron chi connectivity index (χ2n) is 5.15. The molecule has 20 heavy (non-hydrogen) atoms. The van der Waals surface area contributed by atoms with Gasteiger partial charge in [0.15, 0.2) is 0 Å². The van der Waals surface area contributed by atoms with Gasteiger partial charge in [-0.05, 0) is 18.6 Å². The summed E-state index contributed by atoms with van der Waals surface area (Å²) in [4.78, 5) is 0. The van der Waals surface area contributed by atoms with Gasteiger partial charge in [0.1, 0.15) is 11.5 Å². The molecule has 0 spiro atoms. The summed E-state index contributed by atoms with van der Waals surface area (Å²) < 4.78 is 10.7. The van der Waals surface area contributed by atoms with Gasteiger partial charge in [-0.25, -0.2) is 0 Å². The maximum absolute atomic E-state index is 10.4. The number of unbranched alkanes of at least 4 members (excludes halogenated alkanes) is 5. The summed E-state index contributed by atoms with van der Waals surface area (Å²) in [5.41, 5.74) is 0.769. The molecule has 0 saturated carbocycles. The molecule has 0 fully saturated rings. The van der Waals surface area contributed by atoms with Gasteiger partial charge in [0.05, 0.1) is 25.9 Å². The van der Waals surface area contributed by atoms with Crippen LogP contribution in [0.5, 0.6) is 11.5 Å². The van der Waals surface area contributed by atoms with Crippen LogP contribution >= 0.6 is 0 Å². The minimum absolute atomic E-state index is 0.521. The Morgan fingerprint density at radius 3 is 2.05 bits per heavy atom. The van der Waals surface area contributed by atoms with Crippen molar-refractivity contribution < 1.29 is 14.6 Å². The Kier molecular flexibility index (Phi) is 8.12. The molecule has 0 saturated heterocycles. The summed E-state index contributed by atoms with van der Waals surface area (Å²) in [6.45, 7) is 2.22. The first kappa shape index (κ1) is 16.8. The van der Waals surface area contributed by atoms with Crippen molar-refractivity contribution in [2.24, 2.45) is 0 Å². The van der Waals surface area contributed by atoms with Gasteiger partial charge in [0.2, 0.25) is 0 Å². The molecule has 0 aliphatic rings. The van der Waals surface area contributed by atoms with E-state index in [2.05, 4.69) is 6.92 Å². The molecular formula is C17H28O3. The molecule has 1 atom stereocenters. The fraction of sp³-hybridized carbons (Fsp3) is 0.647. The van der Waals surface area contributed by atoms with E-state index in [-0.39, 0.29) is 0 Å². The molecule has 0 aliphatic carbocycles. The number of aliphatic hydroxyl groups excluding tert-OH is 1. The maximum Gasteiger partial charge on any atom is 0.128 e. The zero-order valence-electron chi connectivity index (χ0n) is 13.0. The van der Waals surface area contributed by atoms with Crippen molar-refractivity contribution >= 4 is 0 Å². The van der Waals surface area contributed by atoms with E-state index in [0.29, 0.717) is 11.5 Å². The lowest BCUT2D eigenvalue weighted by atomic mass is 10.00. The van der Waals surface area contributed by atoms with Crippen LogP contribution in [0.3, 0.4) is 0 Å². The van der Waals surface area contributed by atoms with E-state index < -0.39 is 6.10 Å². The molecule has 3 heteroatoms. The Hall–Kier alpha value is -1.22. The number of methoxy groups -OCH3 is 2. The molecule has 1 aromatic carbocycles.